The summed E-state index contributed by atoms with van der Waals surface area (Å²) in [4.78, 5) is 33.9. The van der Waals surface area contributed by atoms with Crippen molar-refractivity contribution < 1.29 is 38.1 Å². The number of nitrogens with two attached hydrogens (primary N) is 1. The highest BCUT2D eigenvalue weighted by Gasteiger charge is 2.02. The largest absolute Gasteiger partial charge is 0.377 e. The first kappa shape index (κ1) is 35.6. The Morgan fingerprint density at radius 3 is 1.51 bits per heavy atom. The Kier molecular flexibility index (Phi) is 28.0. The average Bonchev–Trinajstić information content (AvgIpc) is 2.87. The second-order valence-corrected chi connectivity index (χ2v) is 8.86. The van der Waals surface area contributed by atoms with Crippen LogP contribution in [0.25, 0.3) is 0 Å². The fraction of sp³-hybridized carbons (Fsp3) is 0.880. The second kappa shape index (κ2) is 29.1. The number of carbonyl (C=O) groups is 3. The van der Waals surface area contributed by atoms with Crippen LogP contribution in [0, 0.1) is 0 Å². The van der Waals surface area contributed by atoms with Crippen LogP contribution in [0.2, 0.25) is 0 Å². The summed E-state index contributed by atoms with van der Waals surface area (Å²) >= 11 is 4.22. The van der Waals surface area contributed by atoms with E-state index in [1.54, 1.807) is 0 Å². The van der Waals surface area contributed by atoms with Gasteiger partial charge in [0.1, 0.15) is 13.2 Å². The summed E-state index contributed by atoms with van der Waals surface area (Å²) in [5.74, 6) is 0.295. The van der Waals surface area contributed by atoms with Crippen LogP contribution >= 0.6 is 12.6 Å². The van der Waals surface area contributed by atoms with Crippen molar-refractivity contribution in [2.75, 3.05) is 84.9 Å². The molecule has 12 heteroatoms. The minimum atomic E-state index is -0.525. The lowest BCUT2D eigenvalue weighted by Crippen LogP contribution is -2.31. The Bertz CT molecular complexity index is 558. The van der Waals surface area contributed by atoms with Gasteiger partial charge < -0.3 is 40.1 Å². The maximum absolute atomic E-state index is 11.8. The van der Waals surface area contributed by atoms with Crippen molar-refractivity contribution in [2.24, 2.45) is 5.73 Å². The molecule has 0 aliphatic rings. The number of primary amides is 1. The van der Waals surface area contributed by atoms with E-state index in [9.17, 15) is 14.4 Å². The standard InChI is InChI=1S/C25H49N3O8S/c26-23(29)21-35-18-16-34-17-19-36-22-25(31)28-11-13-33-15-14-32-12-10-27-24(30)9-7-5-3-1-2-4-6-8-20-37/h37H,1-22H2,(H2,26,29)(H,27,30)(H,28,31). The van der Waals surface area contributed by atoms with Crippen molar-refractivity contribution in [1.82, 2.24) is 10.6 Å². The molecule has 0 saturated heterocycles. The monoisotopic (exact) mass is 551 g/mol. The zero-order valence-corrected chi connectivity index (χ0v) is 23.2. The molecule has 0 heterocycles. The van der Waals surface area contributed by atoms with Crippen LogP contribution in [0.5, 0.6) is 0 Å². The van der Waals surface area contributed by atoms with Crippen LogP contribution in [0.15, 0.2) is 0 Å². The van der Waals surface area contributed by atoms with Crippen LogP contribution in [-0.4, -0.2) is 103 Å². The molecule has 0 aliphatic carbocycles. The molecule has 0 unspecified atom stereocenters. The van der Waals surface area contributed by atoms with Gasteiger partial charge in [-0.2, -0.15) is 12.6 Å². The van der Waals surface area contributed by atoms with Gasteiger partial charge in [0.05, 0.1) is 52.9 Å². The minimum absolute atomic E-state index is 0.0622. The first-order chi connectivity index (χ1) is 18.1. The number of unbranched alkanes of at least 4 members (excludes halogenated alkanes) is 7. The van der Waals surface area contributed by atoms with Crippen LogP contribution in [0.4, 0.5) is 0 Å². The Hall–Kier alpha value is -1.44. The molecule has 0 saturated carbocycles. The van der Waals surface area contributed by atoms with E-state index in [0.29, 0.717) is 59.2 Å². The summed E-state index contributed by atoms with van der Waals surface area (Å²) in [5, 5.41) is 5.56. The van der Waals surface area contributed by atoms with Gasteiger partial charge in [-0.1, -0.05) is 38.5 Å². The third kappa shape index (κ3) is 30.7. The number of rotatable bonds is 29. The van der Waals surface area contributed by atoms with Crippen molar-refractivity contribution in [1.29, 1.82) is 0 Å². The smallest absolute Gasteiger partial charge is 0.246 e. The summed E-state index contributed by atoms with van der Waals surface area (Å²) in [6, 6.07) is 0. The molecular weight excluding hydrogens is 502 g/mol. The Labute approximate surface area is 227 Å². The third-order valence-corrected chi connectivity index (χ3v) is 5.36. The molecule has 218 valence electrons. The number of carbonyl (C=O) groups excluding carboxylic acids is 3. The maximum atomic E-state index is 11.8. The van der Waals surface area contributed by atoms with E-state index in [1.807, 2.05) is 0 Å². The van der Waals surface area contributed by atoms with Crippen molar-refractivity contribution in [3.8, 4) is 0 Å². The third-order valence-electron chi connectivity index (χ3n) is 5.04. The van der Waals surface area contributed by atoms with Gasteiger partial charge in [-0.15, -0.1) is 0 Å². The molecule has 0 aromatic carbocycles. The lowest BCUT2D eigenvalue weighted by Gasteiger charge is -2.09. The first-order valence-corrected chi connectivity index (χ1v) is 14.0. The average molecular weight is 552 g/mol. The van der Waals surface area contributed by atoms with Crippen molar-refractivity contribution in [3.05, 3.63) is 0 Å². The highest BCUT2D eigenvalue weighted by Crippen LogP contribution is 2.09. The molecule has 11 nitrogen and oxygen atoms in total. The van der Waals surface area contributed by atoms with Gasteiger partial charge in [0.2, 0.25) is 17.7 Å². The minimum Gasteiger partial charge on any atom is -0.377 e. The number of hydrogen-bond acceptors (Lipinski definition) is 9. The highest BCUT2D eigenvalue weighted by atomic mass is 32.1. The Morgan fingerprint density at radius 2 is 0.973 bits per heavy atom. The molecule has 0 aliphatic heterocycles. The molecule has 0 atom stereocenters. The molecule has 0 rings (SSSR count). The van der Waals surface area contributed by atoms with E-state index in [0.717, 1.165) is 18.6 Å². The van der Waals surface area contributed by atoms with Crippen molar-refractivity contribution >= 4 is 30.4 Å². The number of hydrogen-bond donors (Lipinski definition) is 4. The van der Waals surface area contributed by atoms with E-state index in [4.69, 9.17) is 29.4 Å². The number of ether oxygens (including phenoxy) is 5. The van der Waals surface area contributed by atoms with Gasteiger partial charge in [-0.25, -0.2) is 0 Å². The first-order valence-electron chi connectivity index (χ1n) is 13.4. The van der Waals surface area contributed by atoms with Gasteiger partial charge in [0.15, 0.2) is 0 Å². The van der Waals surface area contributed by atoms with Crippen LogP contribution in [-0.2, 0) is 38.1 Å². The zero-order valence-electron chi connectivity index (χ0n) is 22.3. The Balaban J connectivity index is 3.25. The highest BCUT2D eigenvalue weighted by molar-refractivity contribution is 7.80. The number of thiol groups is 1. The molecule has 0 radical (unpaired) electrons. The summed E-state index contributed by atoms with van der Waals surface area (Å²) in [5.41, 5.74) is 4.93. The molecule has 0 bridgehead atoms. The lowest BCUT2D eigenvalue weighted by atomic mass is 10.1. The van der Waals surface area contributed by atoms with E-state index < -0.39 is 5.91 Å². The number of amides is 3. The summed E-state index contributed by atoms with van der Waals surface area (Å²) in [6.07, 6.45) is 10.1. The molecular formula is C25H49N3O8S. The molecule has 0 aromatic rings. The molecule has 0 fully saturated rings. The van der Waals surface area contributed by atoms with E-state index in [1.165, 1.54) is 38.5 Å². The fourth-order valence-electron chi connectivity index (χ4n) is 3.12. The van der Waals surface area contributed by atoms with E-state index >= 15 is 0 Å². The summed E-state index contributed by atoms with van der Waals surface area (Å²) in [6.45, 7) is 3.50. The molecule has 3 amide bonds. The fourth-order valence-corrected chi connectivity index (χ4v) is 3.34. The SMILES string of the molecule is NC(=O)COCCOCCOCC(=O)NCCOCCOCCNC(=O)CCCCCCCCCCS. The van der Waals surface area contributed by atoms with Gasteiger partial charge in [-0.3, -0.25) is 14.4 Å². The van der Waals surface area contributed by atoms with Crippen LogP contribution in [0.3, 0.4) is 0 Å². The summed E-state index contributed by atoms with van der Waals surface area (Å²) in [7, 11) is 0. The lowest BCUT2D eigenvalue weighted by molar-refractivity contribution is -0.126. The van der Waals surface area contributed by atoms with Crippen molar-refractivity contribution in [3.63, 3.8) is 0 Å². The Morgan fingerprint density at radius 1 is 0.541 bits per heavy atom. The summed E-state index contributed by atoms with van der Waals surface area (Å²) < 4.78 is 26.2. The second-order valence-electron chi connectivity index (χ2n) is 8.41. The maximum Gasteiger partial charge on any atom is 0.246 e. The number of nitrogens with one attached hydrogen (secondary N) is 2. The zero-order chi connectivity index (χ0) is 27.2. The van der Waals surface area contributed by atoms with E-state index in [2.05, 4.69) is 23.3 Å². The predicted octanol–water partition coefficient (Wildman–Crippen LogP) is 1.23. The van der Waals surface area contributed by atoms with E-state index in [-0.39, 0.29) is 38.2 Å². The molecule has 37 heavy (non-hydrogen) atoms. The quantitative estimate of drug-likeness (QED) is 0.0802. The van der Waals surface area contributed by atoms with Gasteiger partial charge in [-0.05, 0) is 18.6 Å². The molecule has 0 spiro atoms. The van der Waals surface area contributed by atoms with Crippen LogP contribution in [0.1, 0.15) is 57.8 Å². The predicted molar refractivity (Wildman–Crippen MR) is 145 cm³/mol. The normalized spacial score (nSPS) is 10.9. The van der Waals surface area contributed by atoms with Gasteiger partial charge >= 0.3 is 0 Å². The van der Waals surface area contributed by atoms with Crippen molar-refractivity contribution in [2.45, 2.75) is 57.8 Å². The van der Waals surface area contributed by atoms with Crippen LogP contribution < -0.4 is 16.4 Å². The van der Waals surface area contributed by atoms with Gasteiger partial charge in [0, 0.05) is 19.5 Å². The molecule has 4 N–H and O–H groups in total. The topological polar surface area (TPSA) is 147 Å². The van der Waals surface area contributed by atoms with Gasteiger partial charge in [0.25, 0.3) is 0 Å². The molecule has 0 aromatic heterocycles.